The van der Waals surface area contributed by atoms with Gasteiger partial charge in [0.2, 0.25) is 0 Å². The minimum Gasteiger partial charge on any atom is -0.393 e. The standard InChI is InChI=1S/C18H22O3/c1-17-8-7-15-13(14(17)4-5-16(17)20)3-2-11-10-12(19)6-9-18(11,15)21/h6-7,9-10,13-14,16,20-21H,2-5,8H2,1H3/t13-,14-,16?,17-,18?/m0/s1. The second-order valence-electron chi connectivity index (χ2n) is 7.39. The fraction of sp³-hybridized carbons (Fsp3) is 0.611. The van der Waals surface area contributed by atoms with Crippen molar-refractivity contribution in [3.05, 3.63) is 35.5 Å². The molecule has 0 saturated heterocycles. The van der Waals surface area contributed by atoms with Gasteiger partial charge in [0.15, 0.2) is 5.78 Å². The molecule has 2 fully saturated rings. The lowest BCUT2D eigenvalue weighted by molar-refractivity contribution is -0.110. The molecule has 0 aromatic heterocycles. The fourth-order valence-electron chi connectivity index (χ4n) is 5.18. The van der Waals surface area contributed by atoms with E-state index in [1.54, 1.807) is 12.2 Å². The van der Waals surface area contributed by atoms with Crippen LogP contribution in [0, 0.1) is 17.3 Å². The molecule has 0 radical (unpaired) electrons. The molecule has 21 heavy (non-hydrogen) atoms. The number of hydrogen-bond acceptors (Lipinski definition) is 3. The number of aliphatic hydroxyl groups is 2. The summed E-state index contributed by atoms with van der Waals surface area (Å²) < 4.78 is 0. The van der Waals surface area contributed by atoms with Gasteiger partial charge in [-0.1, -0.05) is 13.0 Å². The molecule has 0 aromatic carbocycles. The molecular formula is C18H22O3. The first-order chi connectivity index (χ1) is 9.95. The molecule has 0 bridgehead atoms. The molecule has 0 heterocycles. The van der Waals surface area contributed by atoms with E-state index in [0.717, 1.165) is 43.3 Å². The average Bonchev–Trinajstić information content (AvgIpc) is 2.76. The van der Waals surface area contributed by atoms with Crippen molar-refractivity contribution < 1.29 is 15.0 Å². The van der Waals surface area contributed by atoms with Gasteiger partial charge in [0, 0.05) is 5.41 Å². The van der Waals surface area contributed by atoms with Crippen LogP contribution in [0.1, 0.15) is 39.0 Å². The lowest BCUT2D eigenvalue weighted by Crippen LogP contribution is -2.48. The molecule has 0 amide bonds. The third-order valence-corrected chi connectivity index (χ3v) is 6.47. The van der Waals surface area contributed by atoms with Crippen molar-refractivity contribution in [2.75, 3.05) is 0 Å². The van der Waals surface area contributed by atoms with Crippen LogP contribution in [-0.2, 0) is 4.79 Å². The maximum absolute atomic E-state index is 11.6. The van der Waals surface area contributed by atoms with Crippen molar-refractivity contribution in [3.8, 4) is 0 Å². The Morgan fingerprint density at radius 2 is 2.10 bits per heavy atom. The smallest absolute Gasteiger partial charge is 0.178 e. The monoisotopic (exact) mass is 286 g/mol. The summed E-state index contributed by atoms with van der Waals surface area (Å²) in [5.41, 5.74) is 0.825. The van der Waals surface area contributed by atoms with Gasteiger partial charge in [0.05, 0.1) is 6.10 Å². The zero-order valence-electron chi connectivity index (χ0n) is 12.4. The second kappa shape index (κ2) is 4.17. The Labute approximate surface area is 125 Å². The first-order valence-corrected chi connectivity index (χ1v) is 8.00. The Kier molecular flexibility index (Phi) is 2.68. The topological polar surface area (TPSA) is 57.5 Å². The van der Waals surface area contributed by atoms with Gasteiger partial charge in [-0.3, -0.25) is 4.79 Å². The van der Waals surface area contributed by atoms with Crippen LogP contribution in [0.4, 0.5) is 0 Å². The van der Waals surface area contributed by atoms with Crippen LogP contribution >= 0.6 is 0 Å². The van der Waals surface area contributed by atoms with Crippen molar-refractivity contribution in [2.45, 2.75) is 50.7 Å². The molecule has 4 aliphatic carbocycles. The number of allylic oxidation sites excluding steroid dienone is 3. The lowest BCUT2D eigenvalue weighted by atomic mass is 9.56. The molecule has 0 aliphatic heterocycles. The Morgan fingerprint density at radius 3 is 2.90 bits per heavy atom. The highest BCUT2D eigenvalue weighted by Gasteiger charge is 2.55. The molecule has 5 atom stereocenters. The van der Waals surface area contributed by atoms with Crippen molar-refractivity contribution >= 4 is 5.78 Å². The quantitative estimate of drug-likeness (QED) is 0.672. The Bertz CT molecular complexity index is 600. The molecule has 3 nitrogen and oxygen atoms in total. The van der Waals surface area contributed by atoms with Gasteiger partial charge in [-0.15, -0.1) is 0 Å². The number of ketones is 1. The first-order valence-electron chi connectivity index (χ1n) is 8.00. The summed E-state index contributed by atoms with van der Waals surface area (Å²) >= 11 is 0. The van der Waals surface area contributed by atoms with Crippen molar-refractivity contribution in [3.63, 3.8) is 0 Å². The summed E-state index contributed by atoms with van der Waals surface area (Å²) in [4.78, 5) is 11.6. The van der Waals surface area contributed by atoms with E-state index in [4.69, 9.17) is 0 Å². The Morgan fingerprint density at radius 1 is 1.29 bits per heavy atom. The zero-order chi connectivity index (χ0) is 14.8. The largest absolute Gasteiger partial charge is 0.393 e. The summed E-state index contributed by atoms with van der Waals surface area (Å²) in [7, 11) is 0. The van der Waals surface area contributed by atoms with Gasteiger partial charge in [-0.2, -0.15) is 0 Å². The maximum Gasteiger partial charge on any atom is 0.178 e. The van der Waals surface area contributed by atoms with E-state index >= 15 is 0 Å². The summed E-state index contributed by atoms with van der Waals surface area (Å²) in [5, 5.41) is 21.5. The molecule has 2 saturated carbocycles. The van der Waals surface area contributed by atoms with Gasteiger partial charge in [-0.05, 0) is 73.3 Å². The van der Waals surface area contributed by atoms with Crippen molar-refractivity contribution in [1.82, 2.24) is 0 Å². The second-order valence-corrected chi connectivity index (χ2v) is 7.39. The molecule has 2 N–H and O–H groups in total. The normalized spacial score (nSPS) is 48.1. The summed E-state index contributed by atoms with van der Waals surface area (Å²) in [5.74, 6) is 0.760. The highest BCUT2D eigenvalue weighted by Crippen LogP contribution is 2.59. The average molecular weight is 286 g/mol. The maximum atomic E-state index is 11.6. The Balaban J connectivity index is 1.78. The van der Waals surface area contributed by atoms with Crippen LogP contribution in [0.2, 0.25) is 0 Å². The van der Waals surface area contributed by atoms with Crippen LogP contribution in [0.15, 0.2) is 35.5 Å². The van der Waals surface area contributed by atoms with Gasteiger partial charge in [-0.25, -0.2) is 0 Å². The van der Waals surface area contributed by atoms with Gasteiger partial charge in [0.25, 0.3) is 0 Å². The van der Waals surface area contributed by atoms with E-state index in [2.05, 4.69) is 13.0 Å². The predicted octanol–water partition coefficient (Wildman–Crippen LogP) is 2.30. The number of aliphatic hydroxyl groups excluding tert-OH is 1. The first kappa shape index (κ1) is 13.5. The third kappa shape index (κ3) is 1.65. The third-order valence-electron chi connectivity index (χ3n) is 6.47. The van der Waals surface area contributed by atoms with Crippen LogP contribution in [0.25, 0.3) is 0 Å². The minimum absolute atomic E-state index is 0.0225. The van der Waals surface area contributed by atoms with Gasteiger partial charge < -0.3 is 10.2 Å². The molecule has 112 valence electrons. The van der Waals surface area contributed by atoms with E-state index in [0.29, 0.717) is 11.8 Å². The number of carbonyl (C=O) groups is 1. The van der Waals surface area contributed by atoms with Gasteiger partial charge >= 0.3 is 0 Å². The highest BCUT2D eigenvalue weighted by molar-refractivity contribution is 6.01. The molecule has 0 aromatic rings. The van der Waals surface area contributed by atoms with Gasteiger partial charge in [0.1, 0.15) is 5.60 Å². The zero-order valence-corrected chi connectivity index (χ0v) is 12.4. The lowest BCUT2D eigenvalue weighted by Gasteiger charge is -2.50. The summed E-state index contributed by atoms with van der Waals surface area (Å²) in [6.07, 6.45) is 11.2. The van der Waals surface area contributed by atoms with Crippen LogP contribution in [-0.4, -0.2) is 27.7 Å². The number of fused-ring (bicyclic) bond motifs is 5. The molecule has 3 heteroatoms. The SMILES string of the molecule is C[C@]12CC=C3[C@@H](CCC4=CC(=O)C=CC43O)[C@@H]1CCC2O. The van der Waals surface area contributed by atoms with Crippen molar-refractivity contribution in [2.24, 2.45) is 17.3 Å². The van der Waals surface area contributed by atoms with Crippen molar-refractivity contribution in [1.29, 1.82) is 0 Å². The minimum atomic E-state index is -1.05. The van der Waals surface area contributed by atoms with E-state index in [1.165, 1.54) is 6.08 Å². The molecule has 2 unspecified atom stereocenters. The van der Waals surface area contributed by atoms with Crippen LogP contribution in [0.3, 0.4) is 0 Å². The number of rotatable bonds is 0. The molecule has 4 aliphatic rings. The Hall–Kier alpha value is -1.19. The molecule has 0 spiro atoms. The van der Waals surface area contributed by atoms with E-state index in [9.17, 15) is 15.0 Å². The molecule has 4 rings (SSSR count). The number of hydrogen-bond donors (Lipinski definition) is 2. The van der Waals surface area contributed by atoms with E-state index in [-0.39, 0.29) is 17.3 Å². The summed E-state index contributed by atoms with van der Waals surface area (Å²) in [6.45, 7) is 2.19. The molecular weight excluding hydrogens is 264 g/mol. The predicted molar refractivity (Wildman–Crippen MR) is 79.4 cm³/mol. The highest BCUT2D eigenvalue weighted by atomic mass is 16.3. The van der Waals surface area contributed by atoms with E-state index < -0.39 is 5.60 Å². The van der Waals surface area contributed by atoms with Crippen LogP contribution in [0.5, 0.6) is 0 Å². The summed E-state index contributed by atoms with van der Waals surface area (Å²) in [6, 6.07) is 0. The fourth-order valence-corrected chi connectivity index (χ4v) is 5.18. The van der Waals surface area contributed by atoms with Crippen LogP contribution < -0.4 is 0 Å². The number of carbonyl (C=O) groups excluding carboxylic acids is 1. The van der Waals surface area contributed by atoms with E-state index in [1.807, 2.05) is 0 Å².